The Kier molecular flexibility index (Phi) is 22.0. The number of nitrogens with zero attached hydrogens (tertiary/aromatic N) is 4. The fraction of sp³-hybridized carbons (Fsp3) is 0.297. The second-order valence-corrected chi connectivity index (χ2v) is 18.4. The number of likely N-dealkylation sites (N-methyl/N-ethyl adjacent to an activating group) is 4. The molecular formula is C37H40I6N6O8. The number of carbonyl (C=O) groups excluding carboxylic acids is 6. The molecule has 0 aliphatic heterocycles. The summed E-state index contributed by atoms with van der Waals surface area (Å²) in [7, 11) is 6.43. The molecule has 308 valence electrons. The molecule has 2 aromatic rings. The van der Waals surface area contributed by atoms with Gasteiger partial charge in [0.2, 0.25) is 0 Å². The van der Waals surface area contributed by atoms with Crippen molar-refractivity contribution in [2.24, 2.45) is 0 Å². The van der Waals surface area contributed by atoms with Crippen LogP contribution in [0.4, 0.5) is 21.0 Å². The van der Waals surface area contributed by atoms with E-state index in [4.69, 9.17) is 9.47 Å². The van der Waals surface area contributed by atoms with Crippen LogP contribution in [-0.4, -0.2) is 123 Å². The minimum Gasteiger partial charge on any atom is -0.449 e. The highest BCUT2D eigenvalue weighted by atomic mass is 127. The van der Waals surface area contributed by atoms with Gasteiger partial charge >= 0.3 is 12.2 Å². The zero-order valence-electron chi connectivity index (χ0n) is 31.4. The number of amides is 6. The molecule has 0 bridgehead atoms. The van der Waals surface area contributed by atoms with Gasteiger partial charge in [-0.25, -0.2) is 9.59 Å². The molecule has 0 atom stereocenters. The van der Waals surface area contributed by atoms with Crippen molar-refractivity contribution in [3.63, 3.8) is 0 Å². The molecule has 2 rings (SSSR count). The van der Waals surface area contributed by atoms with Crippen LogP contribution in [0.25, 0.3) is 0 Å². The monoisotopic (exact) mass is 1460 g/mol. The van der Waals surface area contributed by atoms with E-state index in [0.717, 1.165) is 0 Å². The molecule has 0 fully saturated rings. The Morgan fingerprint density at radius 2 is 0.702 bits per heavy atom. The van der Waals surface area contributed by atoms with Crippen molar-refractivity contribution < 1.29 is 38.2 Å². The number of halogens is 6. The van der Waals surface area contributed by atoms with E-state index in [9.17, 15) is 28.8 Å². The first kappa shape index (κ1) is 51.3. The zero-order chi connectivity index (χ0) is 43.3. The van der Waals surface area contributed by atoms with E-state index in [1.807, 2.05) is 136 Å². The van der Waals surface area contributed by atoms with Gasteiger partial charge in [-0.3, -0.25) is 29.8 Å². The Labute approximate surface area is 414 Å². The topological polar surface area (TPSA) is 158 Å². The van der Waals surface area contributed by atoms with Gasteiger partial charge in [0.15, 0.2) is 0 Å². The predicted octanol–water partition coefficient (Wildman–Crippen LogP) is 8.53. The predicted molar refractivity (Wildman–Crippen MR) is 272 cm³/mol. The molecule has 0 aliphatic rings. The lowest BCUT2D eigenvalue weighted by molar-refractivity contribution is 0.0791. The van der Waals surface area contributed by atoms with Crippen LogP contribution in [0.5, 0.6) is 0 Å². The number of ether oxygens (including phenoxy) is 2. The summed E-state index contributed by atoms with van der Waals surface area (Å²) in [6.07, 6.45) is 4.72. The van der Waals surface area contributed by atoms with Crippen molar-refractivity contribution in [2.75, 3.05) is 78.2 Å². The van der Waals surface area contributed by atoms with Crippen molar-refractivity contribution in [3.8, 4) is 0 Å². The Bertz CT molecular complexity index is 1730. The highest BCUT2D eigenvalue weighted by Gasteiger charge is 2.32. The minimum absolute atomic E-state index is 0.112. The van der Waals surface area contributed by atoms with Crippen LogP contribution < -0.4 is 10.6 Å². The second-order valence-electron chi connectivity index (χ2n) is 11.9. The molecule has 0 saturated heterocycles. The summed E-state index contributed by atoms with van der Waals surface area (Å²) < 4.78 is 13.3. The number of hydrogen-bond donors (Lipinski definition) is 2. The van der Waals surface area contributed by atoms with E-state index in [-0.39, 0.29) is 103 Å². The normalized spacial score (nSPS) is 10.4. The van der Waals surface area contributed by atoms with Crippen LogP contribution in [0.15, 0.2) is 50.6 Å². The van der Waals surface area contributed by atoms with E-state index in [0.29, 0.717) is 21.4 Å². The first-order valence-corrected chi connectivity index (χ1v) is 23.0. The van der Waals surface area contributed by atoms with Crippen LogP contribution in [0.2, 0.25) is 0 Å². The Morgan fingerprint density at radius 1 is 0.474 bits per heavy atom. The molecule has 2 aromatic carbocycles. The van der Waals surface area contributed by atoms with Crippen molar-refractivity contribution in [3.05, 3.63) is 94.3 Å². The SMILES string of the molecule is C=CCN(C)C(=O)c1c(I)c(NC(=O)OCCCOC(=O)Nc2c(I)c(C(=O)N(C)CC=C)c(I)c(C(=O)N(C)CC=C)c2I)c(I)c(C(=O)N(C)CC=C)c1I. The molecule has 6 amide bonds. The maximum Gasteiger partial charge on any atom is 0.411 e. The molecule has 0 saturated carbocycles. The van der Waals surface area contributed by atoms with Gasteiger partial charge < -0.3 is 29.1 Å². The summed E-state index contributed by atoms with van der Waals surface area (Å²) in [4.78, 5) is 86.1. The molecule has 20 heteroatoms. The molecule has 0 spiro atoms. The van der Waals surface area contributed by atoms with Crippen LogP contribution >= 0.6 is 136 Å². The average molecular weight is 1460 g/mol. The van der Waals surface area contributed by atoms with Gasteiger partial charge in [-0.15, -0.1) is 26.3 Å². The number of rotatable bonds is 18. The highest BCUT2D eigenvalue weighted by Crippen LogP contribution is 2.38. The van der Waals surface area contributed by atoms with Crippen LogP contribution in [0.3, 0.4) is 0 Å². The Hall–Kier alpha value is -1.80. The molecule has 0 aromatic heterocycles. The lowest BCUT2D eigenvalue weighted by atomic mass is 10.1. The molecule has 0 unspecified atom stereocenters. The maximum atomic E-state index is 13.6. The largest absolute Gasteiger partial charge is 0.449 e. The van der Waals surface area contributed by atoms with Crippen LogP contribution in [-0.2, 0) is 9.47 Å². The van der Waals surface area contributed by atoms with E-state index < -0.39 is 12.2 Å². The molecular weight excluding hydrogens is 1420 g/mol. The van der Waals surface area contributed by atoms with Crippen molar-refractivity contribution >= 4 is 183 Å². The van der Waals surface area contributed by atoms with Crippen molar-refractivity contribution in [2.45, 2.75) is 6.42 Å². The van der Waals surface area contributed by atoms with E-state index in [1.54, 1.807) is 52.5 Å². The summed E-state index contributed by atoms with van der Waals surface area (Å²) in [5.74, 6) is -1.47. The smallest absolute Gasteiger partial charge is 0.411 e. The fourth-order valence-corrected chi connectivity index (χ4v) is 13.6. The number of nitrogens with one attached hydrogen (secondary N) is 2. The summed E-state index contributed by atoms with van der Waals surface area (Å²) in [6.45, 7) is 15.5. The quantitative estimate of drug-likeness (QED) is 0.0855. The minimum atomic E-state index is -0.854. The number of hydrogen-bond acceptors (Lipinski definition) is 8. The number of anilines is 2. The van der Waals surface area contributed by atoms with Crippen molar-refractivity contribution in [1.82, 2.24) is 19.6 Å². The summed E-state index contributed by atoms with van der Waals surface area (Å²) in [5.41, 5.74) is 1.42. The lowest BCUT2D eigenvalue weighted by Crippen LogP contribution is -2.33. The third kappa shape index (κ3) is 13.1. The summed E-state index contributed by atoms with van der Waals surface area (Å²) >= 11 is 11.8. The van der Waals surface area contributed by atoms with Crippen LogP contribution in [0.1, 0.15) is 47.9 Å². The zero-order valence-corrected chi connectivity index (χ0v) is 44.4. The first-order chi connectivity index (χ1) is 26.8. The molecule has 0 aliphatic carbocycles. The first-order valence-electron chi connectivity index (χ1n) is 16.6. The molecule has 57 heavy (non-hydrogen) atoms. The maximum absolute atomic E-state index is 13.6. The Morgan fingerprint density at radius 3 is 0.912 bits per heavy atom. The van der Waals surface area contributed by atoms with Gasteiger partial charge in [0.1, 0.15) is 0 Å². The van der Waals surface area contributed by atoms with Gasteiger partial charge in [0.25, 0.3) is 23.6 Å². The number of carbonyl (C=O) groups is 6. The summed E-state index contributed by atoms with van der Waals surface area (Å²) in [5, 5.41) is 5.38. The highest BCUT2D eigenvalue weighted by molar-refractivity contribution is 14.1. The average Bonchev–Trinajstić information content (AvgIpc) is 3.15. The van der Waals surface area contributed by atoms with Crippen molar-refractivity contribution in [1.29, 1.82) is 0 Å². The molecule has 0 radical (unpaired) electrons. The third-order valence-electron chi connectivity index (χ3n) is 7.70. The molecule has 0 heterocycles. The molecule has 2 N–H and O–H groups in total. The van der Waals surface area contributed by atoms with Gasteiger partial charge in [-0.1, -0.05) is 24.3 Å². The summed E-state index contributed by atoms with van der Waals surface area (Å²) in [6, 6.07) is 0. The van der Waals surface area contributed by atoms with Gasteiger partial charge in [0, 0.05) is 67.9 Å². The van der Waals surface area contributed by atoms with Gasteiger partial charge in [-0.2, -0.15) is 0 Å². The number of benzene rings is 2. The van der Waals surface area contributed by atoms with Crippen LogP contribution in [0, 0.1) is 21.4 Å². The van der Waals surface area contributed by atoms with E-state index in [1.165, 1.54) is 19.6 Å². The van der Waals surface area contributed by atoms with E-state index >= 15 is 0 Å². The fourth-order valence-electron chi connectivity index (χ4n) is 4.83. The standard InChI is InChI=1S/C37H40I6N6O8/c1-9-14-46(5)32(50)20-24(38)21(33(51)47(6)15-10-2)27(41)30(26(20)40)44-36(54)56-18-13-19-57-37(55)45-31-28(42)22(34(52)48(7)16-11-3)25(39)23(29(31)43)35(53)49(8)17-12-4/h9-12H,1-4,13-19H2,5-8H3,(H,44,54)(H,45,55). The second kappa shape index (κ2) is 24.5. The van der Waals surface area contributed by atoms with Gasteiger partial charge in [-0.05, 0) is 136 Å². The third-order valence-corrected chi connectivity index (χ3v) is 14.2. The van der Waals surface area contributed by atoms with E-state index in [2.05, 4.69) is 36.9 Å². The van der Waals surface area contributed by atoms with Gasteiger partial charge in [0.05, 0.1) is 61.1 Å². The lowest BCUT2D eigenvalue weighted by Gasteiger charge is -2.24. The Balaban J connectivity index is 2.29. The molecule has 14 nitrogen and oxygen atoms in total.